The van der Waals surface area contributed by atoms with Gasteiger partial charge in [0.05, 0.1) is 95.3 Å². The first-order valence-electron chi connectivity index (χ1n) is 27.9. The highest BCUT2D eigenvalue weighted by atomic mass is 19.4. The maximum atomic E-state index is 14.9. The summed E-state index contributed by atoms with van der Waals surface area (Å²) in [5.41, 5.74) is -20.1. The smallest absolute Gasteiger partial charge is 0.308 e. The number of benzene rings is 9. The zero-order valence-electron chi connectivity index (χ0n) is 48.1. The zero-order valence-corrected chi connectivity index (χ0v) is 48.1. The highest BCUT2D eigenvalue weighted by Gasteiger charge is 2.43. The van der Waals surface area contributed by atoms with Gasteiger partial charge in [0.15, 0.2) is 0 Å². The number of nitrogens with zero attached hydrogens (tertiary/aromatic N) is 4. The van der Waals surface area contributed by atoms with Gasteiger partial charge in [-0.15, -0.1) is 0 Å². The fourth-order valence-electron chi connectivity index (χ4n) is 12.0. The number of aryl methyl sites for hydroxylation is 1. The Kier molecular flexibility index (Phi) is 15.5. The van der Waals surface area contributed by atoms with Crippen LogP contribution in [0.3, 0.4) is 0 Å². The van der Waals surface area contributed by atoms with Gasteiger partial charge in [0.25, 0.3) is 0 Å². The summed E-state index contributed by atoms with van der Waals surface area (Å²) in [6.45, 7) is 1.51. The van der Waals surface area contributed by atoms with E-state index in [2.05, 4.69) is 0 Å². The third kappa shape index (κ3) is 12.2. The van der Waals surface area contributed by atoms with Crippen molar-refractivity contribution in [3.05, 3.63) is 232 Å². The van der Waals surface area contributed by atoms with Crippen molar-refractivity contribution in [1.82, 2.24) is 14.1 Å². The molecule has 0 radical (unpaired) electrons. The van der Waals surface area contributed by atoms with Crippen LogP contribution in [-0.4, -0.2) is 14.1 Å². The second-order valence-electron chi connectivity index (χ2n) is 22.3. The third-order valence-electron chi connectivity index (χ3n) is 16.2. The summed E-state index contributed by atoms with van der Waals surface area (Å²) < 4.78 is 350. The molecule has 0 bridgehead atoms. The Balaban J connectivity index is 1.21. The molecule has 3 heterocycles. The van der Waals surface area contributed by atoms with Crippen molar-refractivity contribution in [3.63, 3.8) is 0 Å². The second kappa shape index (κ2) is 22.6. The number of rotatable bonds is 7. The van der Waals surface area contributed by atoms with Crippen molar-refractivity contribution >= 4 is 43.6 Å². The molecule has 4 nitrogen and oxygen atoms in total. The first-order valence-corrected chi connectivity index (χ1v) is 27.9. The lowest BCUT2D eigenvalue weighted by molar-refractivity contribution is -0.144. The monoisotopic (exact) mass is 1370 g/mol. The Morgan fingerprint density at radius 2 is 0.577 bits per heavy atom. The highest BCUT2D eigenvalue weighted by molar-refractivity contribution is 6.14. The molecule has 0 unspecified atom stereocenters. The molecular formula is C69H32F24N4. The molecule has 0 fully saturated rings. The number of hydrogen-bond acceptors (Lipinski definition) is 2. The predicted octanol–water partition coefficient (Wildman–Crippen LogP) is 23.9. The van der Waals surface area contributed by atoms with Crippen LogP contribution in [0.4, 0.5) is 105 Å². The van der Waals surface area contributed by atoms with E-state index in [1.165, 1.54) is 46.4 Å². The molecule has 28 heteroatoms. The summed E-state index contributed by atoms with van der Waals surface area (Å²) in [5.74, 6) is 0. The van der Waals surface area contributed by atoms with E-state index in [0.29, 0.717) is 48.5 Å². The summed E-state index contributed by atoms with van der Waals surface area (Å²) in [6, 6.07) is 24.7. The molecule has 12 rings (SSSR count). The summed E-state index contributed by atoms with van der Waals surface area (Å²) >= 11 is 0. The minimum atomic E-state index is -5.48. The van der Waals surface area contributed by atoms with Crippen molar-refractivity contribution < 1.29 is 105 Å². The summed E-state index contributed by atoms with van der Waals surface area (Å²) in [6.07, 6.45) is -43.1. The van der Waals surface area contributed by atoms with Gasteiger partial charge in [-0.1, -0.05) is 54.6 Å². The predicted molar refractivity (Wildman–Crippen MR) is 310 cm³/mol. The average Bonchev–Trinajstić information content (AvgIpc) is 1.57. The van der Waals surface area contributed by atoms with Crippen LogP contribution in [0.1, 0.15) is 55.8 Å². The lowest BCUT2D eigenvalue weighted by atomic mass is 9.94. The maximum absolute atomic E-state index is 14.9. The minimum Gasteiger partial charge on any atom is -0.308 e. The summed E-state index contributed by atoms with van der Waals surface area (Å²) in [4.78, 5) is 4.75. The van der Waals surface area contributed by atoms with Gasteiger partial charge in [-0.3, -0.25) is 4.98 Å². The Hall–Kier alpha value is -10.5. The molecule has 12 aromatic rings. The first kappa shape index (κ1) is 66.6. The number of nitriles is 1. The van der Waals surface area contributed by atoms with Gasteiger partial charge in [0.1, 0.15) is 0 Å². The SMILES string of the molecule is Cc1cccc(-c2c(-n3c4ccc(-c5ccc(C(F)(F)F)cc5C(F)(F)F)cc4c4cc(-c5ccc(C(F)(F)F)cc5C(F)(F)F)ccc43)cc(C#N)cc2-n2c3ccc(-c4ccc(C(F)(F)F)cc4C(F)(F)F)cc3c3cc(-c4ccc(C(F)(F)F)cc4C(F)(F)F)ccc32)n1. The normalized spacial score (nSPS) is 13.2. The molecule has 0 aliphatic rings. The van der Waals surface area contributed by atoms with Crippen molar-refractivity contribution in [2.75, 3.05) is 0 Å². The summed E-state index contributed by atoms with van der Waals surface area (Å²) in [7, 11) is 0. The van der Waals surface area contributed by atoms with Crippen molar-refractivity contribution in [1.29, 1.82) is 5.26 Å². The van der Waals surface area contributed by atoms with Gasteiger partial charge in [-0.05, 0) is 173 Å². The number of fused-ring (bicyclic) bond motifs is 6. The van der Waals surface area contributed by atoms with Crippen LogP contribution < -0.4 is 0 Å². The lowest BCUT2D eigenvalue weighted by Gasteiger charge is -2.21. The molecule has 0 atom stereocenters. The molecule has 0 amide bonds. The number of pyridine rings is 1. The van der Waals surface area contributed by atoms with Crippen LogP contribution in [-0.2, 0) is 49.4 Å². The first-order chi connectivity index (χ1) is 45.0. The quantitative estimate of drug-likeness (QED) is 0.149. The minimum absolute atomic E-state index is 0.0423. The number of hydrogen-bond donors (Lipinski definition) is 0. The Labute approximate surface area is 528 Å². The number of halogens is 24. The summed E-state index contributed by atoms with van der Waals surface area (Å²) in [5, 5.41) is 10.2. The van der Waals surface area contributed by atoms with E-state index in [-0.39, 0.29) is 102 Å². The van der Waals surface area contributed by atoms with Crippen LogP contribution in [0.5, 0.6) is 0 Å². The standard InChI is InChI=1S/C69H32F24N4/c1-32-3-2-4-54(95-32)61-59(96-55-17-5-34(42-13-9-38(62(70,71)72)27-50(42)66(82,83)84)23-46(55)47-24-35(6-18-56(47)96)43-14-10-39(63(73,74)75)28-51(43)67(85,86)87)21-33(31-94)22-60(61)97-57-19-7-36(44-15-11-40(64(76,77)78)29-52(44)68(88,89)90)25-48(57)49-26-37(8-20-58(49)97)45-16-12-41(65(79,80)81)30-53(45)69(91,92)93/h2-30H,1H3. The van der Waals surface area contributed by atoms with E-state index in [1.54, 1.807) is 0 Å². The molecule has 0 aliphatic carbocycles. The Morgan fingerprint density at radius 3 is 0.804 bits per heavy atom. The molecule has 0 saturated carbocycles. The van der Waals surface area contributed by atoms with Crippen molar-refractivity contribution in [2.24, 2.45) is 0 Å². The van der Waals surface area contributed by atoms with Gasteiger partial charge in [-0.25, -0.2) is 0 Å². The van der Waals surface area contributed by atoms with E-state index >= 15 is 0 Å². The number of aromatic nitrogens is 3. The van der Waals surface area contributed by atoms with Gasteiger partial charge >= 0.3 is 49.4 Å². The van der Waals surface area contributed by atoms with E-state index < -0.39 is 138 Å². The van der Waals surface area contributed by atoms with Gasteiger partial charge in [0, 0.05) is 32.8 Å². The largest absolute Gasteiger partial charge is 0.417 e. The van der Waals surface area contributed by atoms with E-state index in [9.17, 15) is 111 Å². The Bertz CT molecular complexity index is 4690. The van der Waals surface area contributed by atoms with Gasteiger partial charge in [-0.2, -0.15) is 111 Å². The van der Waals surface area contributed by atoms with Crippen LogP contribution in [0.15, 0.2) is 176 Å². The van der Waals surface area contributed by atoms with Crippen molar-refractivity contribution in [2.45, 2.75) is 56.3 Å². The van der Waals surface area contributed by atoms with Crippen molar-refractivity contribution in [3.8, 4) is 73.2 Å². The Morgan fingerprint density at radius 1 is 0.309 bits per heavy atom. The molecule has 0 spiro atoms. The van der Waals surface area contributed by atoms with E-state index in [1.807, 2.05) is 6.07 Å². The maximum Gasteiger partial charge on any atom is 0.417 e. The zero-order chi connectivity index (χ0) is 70.4. The van der Waals surface area contributed by atoms with Crippen LogP contribution in [0.25, 0.3) is 111 Å². The molecular weight excluding hydrogens is 1340 g/mol. The number of alkyl halides is 24. The molecule has 97 heavy (non-hydrogen) atoms. The van der Waals surface area contributed by atoms with Crippen LogP contribution >= 0.6 is 0 Å². The average molecular weight is 1370 g/mol. The van der Waals surface area contributed by atoms with Gasteiger partial charge < -0.3 is 9.13 Å². The van der Waals surface area contributed by atoms with E-state index in [0.717, 1.165) is 72.8 Å². The molecule has 3 aromatic heterocycles. The molecule has 0 saturated heterocycles. The fourth-order valence-corrected chi connectivity index (χ4v) is 12.0. The lowest BCUT2D eigenvalue weighted by Crippen LogP contribution is -2.12. The van der Waals surface area contributed by atoms with E-state index in [4.69, 9.17) is 4.98 Å². The molecule has 0 aliphatic heterocycles. The third-order valence-corrected chi connectivity index (χ3v) is 16.2. The van der Waals surface area contributed by atoms with Crippen LogP contribution in [0, 0.1) is 18.3 Å². The van der Waals surface area contributed by atoms with Gasteiger partial charge in [0.2, 0.25) is 0 Å². The van der Waals surface area contributed by atoms with Crippen LogP contribution in [0.2, 0.25) is 0 Å². The highest BCUT2D eigenvalue weighted by Crippen LogP contribution is 2.51. The second-order valence-corrected chi connectivity index (χ2v) is 22.3. The topological polar surface area (TPSA) is 46.5 Å². The molecule has 0 N–H and O–H groups in total. The molecule has 9 aromatic carbocycles. The fraction of sp³-hybridized carbons (Fsp3) is 0.130. The molecule has 496 valence electrons.